The second kappa shape index (κ2) is 5.81. The van der Waals surface area contributed by atoms with Crippen molar-refractivity contribution in [1.29, 1.82) is 0 Å². The maximum Gasteiger partial charge on any atom is 0.325 e. The van der Waals surface area contributed by atoms with Crippen LogP contribution in [0.25, 0.3) is 11.3 Å². The molecule has 0 spiro atoms. The van der Waals surface area contributed by atoms with Gasteiger partial charge in [0.2, 0.25) is 0 Å². The molecule has 8 heteroatoms. The minimum atomic E-state index is -0.983. The van der Waals surface area contributed by atoms with Crippen LogP contribution in [0.5, 0.6) is 0 Å². The van der Waals surface area contributed by atoms with Gasteiger partial charge in [-0.25, -0.2) is 0 Å². The van der Waals surface area contributed by atoms with Crippen LogP contribution in [0.4, 0.5) is 5.69 Å². The number of likely N-dealkylation sites (N-methyl/N-ethyl adjacent to an activating group) is 1. The summed E-state index contributed by atoms with van der Waals surface area (Å²) in [6.07, 6.45) is 0.673. The van der Waals surface area contributed by atoms with Gasteiger partial charge in [0.1, 0.15) is 12.2 Å². The van der Waals surface area contributed by atoms with E-state index in [4.69, 9.17) is 5.11 Å². The number of nitrogens with zero attached hydrogens (tertiary/aromatic N) is 4. The summed E-state index contributed by atoms with van der Waals surface area (Å²) in [7, 11) is 1.96. The molecule has 0 fully saturated rings. The van der Waals surface area contributed by atoms with Gasteiger partial charge >= 0.3 is 5.97 Å². The zero-order chi connectivity index (χ0) is 16.6. The van der Waals surface area contributed by atoms with E-state index in [-0.39, 0.29) is 12.2 Å². The maximum absolute atomic E-state index is 11.3. The van der Waals surface area contributed by atoms with Gasteiger partial charge in [0, 0.05) is 36.8 Å². The number of carboxylic acid groups (broad SMARTS) is 1. The van der Waals surface area contributed by atoms with Crippen molar-refractivity contribution in [2.75, 3.05) is 13.6 Å². The van der Waals surface area contributed by atoms with E-state index in [2.05, 4.69) is 10.00 Å². The average Bonchev–Trinajstić information content (AvgIpc) is 2.84. The van der Waals surface area contributed by atoms with E-state index >= 15 is 0 Å². The summed E-state index contributed by atoms with van der Waals surface area (Å²) in [5.41, 5.74) is 2.62. The third kappa shape index (κ3) is 2.80. The number of aliphatic carboxylic acids is 1. The standard InChI is InChI=1S/C15H16N4O4/c1-17-7-6-12-11(8-17)15(16-18(12)9-14(20)21)10-4-2-3-5-13(10)19(22)23/h2-5H,6-9H2,1H3,(H,20,21). The van der Waals surface area contributed by atoms with Crippen molar-refractivity contribution in [2.45, 2.75) is 19.5 Å². The Hall–Kier alpha value is -2.74. The van der Waals surface area contributed by atoms with E-state index in [1.165, 1.54) is 10.7 Å². The lowest BCUT2D eigenvalue weighted by molar-refractivity contribution is -0.384. The number of carboxylic acids is 1. The molecule has 1 aromatic heterocycles. The van der Waals surface area contributed by atoms with Crippen LogP contribution in [-0.2, 0) is 24.3 Å². The van der Waals surface area contributed by atoms with Crippen molar-refractivity contribution in [2.24, 2.45) is 0 Å². The van der Waals surface area contributed by atoms with Crippen LogP contribution in [0.15, 0.2) is 24.3 Å². The van der Waals surface area contributed by atoms with Crippen molar-refractivity contribution in [3.05, 3.63) is 45.6 Å². The maximum atomic E-state index is 11.3. The lowest BCUT2D eigenvalue weighted by atomic mass is 10.00. The Morgan fingerprint density at radius 2 is 2.17 bits per heavy atom. The number of benzene rings is 1. The Bertz CT molecular complexity index is 784. The van der Waals surface area contributed by atoms with Gasteiger partial charge in [-0.1, -0.05) is 12.1 Å². The first-order valence-electron chi connectivity index (χ1n) is 7.20. The molecule has 1 aromatic carbocycles. The summed E-state index contributed by atoms with van der Waals surface area (Å²) in [5, 5.41) is 24.7. The van der Waals surface area contributed by atoms with Crippen LogP contribution in [-0.4, -0.2) is 44.3 Å². The van der Waals surface area contributed by atoms with E-state index in [0.29, 0.717) is 24.2 Å². The predicted octanol–water partition coefficient (Wildman–Crippen LogP) is 1.53. The van der Waals surface area contributed by atoms with Gasteiger partial charge in [0.15, 0.2) is 0 Å². The summed E-state index contributed by atoms with van der Waals surface area (Å²) in [5.74, 6) is -0.983. The Labute approximate surface area is 132 Å². The van der Waals surface area contributed by atoms with Crippen LogP contribution in [0.2, 0.25) is 0 Å². The Morgan fingerprint density at radius 3 is 2.87 bits per heavy atom. The van der Waals surface area contributed by atoms with Crippen LogP contribution >= 0.6 is 0 Å². The molecule has 23 heavy (non-hydrogen) atoms. The highest BCUT2D eigenvalue weighted by Crippen LogP contribution is 2.34. The molecule has 0 atom stereocenters. The largest absolute Gasteiger partial charge is 0.480 e. The zero-order valence-corrected chi connectivity index (χ0v) is 12.6. The molecule has 8 nitrogen and oxygen atoms in total. The lowest BCUT2D eigenvalue weighted by Crippen LogP contribution is -2.28. The molecule has 0 unspecified atom stereocenters. The van der Waals surface area contributed by atoms with Gasteiger partial charge in [-0.2, -0.15) is 5.10 Å². The molecule has 1 aliphatic rings. The Morgan fingerprint density at radius 1 is 1.43 bits per heavy atom. The van der Waals surface area contributed by atoms with Gasteiger partial charge < -0.3 is 10.0 Å². The zero-order valence-electron chi connectivity index (χ0n) is 12.6. The molecule has 0 amide bonds. The molecule has 120 valence electrons. The van der Waals surface area contributed by atoms with Crippen molar-refractivity contribution in [3.63, 3.8) is 0 Å². The molecule has 1 N–H and O–H groups in total. The molecular formula is C15H16N4O4. The van der Waals surface area contributed by atoms with E-state index in [1.54, 1.807) is 18.2 Å². The molecule has 0 bridgehead atoms. The summed E-state index contributed by atoms with van der Waals surface area (Å²) in [4.78, 5) is 24.0. The quantitative estimate of drug-likeness (QED) is 0.678. The molecule has 2 heterocycles. The lowest BCUT2D eigenvalue weighted by Gasteiger charge is -2.23. The monoisotopic (exact) mass is 316 g/mol. The number of fused-ring (bicyclic) bond motifs is 1. The van der Waals surface area contributed by atoms with E-state index < -0.39 is 10.9 Å². The fourth-order valence-electron chi connectivity index (χ4n) is 2.93. The average molecular weight is 316 g/mol. The van der Waals surface area contributed by atoms with Gasteiger partial charge in [0.25, 0.3) is 5.69 Å². The molecule has 1 aliphatic heterocycles. The summed E-state index contributed by atoms with van der Waals surface area (Å²) >= 11 is 0. The van der Waals surface area contributed by atoms with Gasteiger partial charge in [-0.15, -0.1) is 0 Å². The molecule has 2 aromatic rings. The molecule has 0 saturated carbocycles. The Kier molecular flexibility index (Phi) is 3.83. The number of hydrogen-bond donors (Lipinski definition) is 1. The first kappa shape index (κ1) is 15.2. The Balaban J connectivity index is 2.18. The number of nitro groups is 1. The number of hydrogen-bond acceptors (Lipinski definition) is 5. The predicted molar refractivity (Wildman–Crippen MR) is 82.0 cm³/mol. The fourth-order valence-corrected chi connectivity index (χ4v) is 2.93. The number of nitro benzene ring substituents is 1. The van der Waals surface area contributed by atoms with E-state index in [1.807, 2.05) is 7.05 Å². The van der Waals surface area contributed by atoms with Gasteiger partial charge in [-0.05, 0) is 13.1 Å². The first-order valence-corrected chi connectivity index (χ1v) is 7.20. The SMILES string of the molecule is CN1CCc2c(c(-c3ccccc3[N+](=O)[O-])nn2CC(=O)O)C1. The third-order valence-corrected chi connectivity index (χ3v) is 3.97. The smallest absolute Gasteiger partial charge is 0.325 e. The highest BCUT2D eigenvalue weighted by atomic mass is 16.6. The van der Waals surface area contributed by atoms with Crippen molar-refractivity contribution < 1.29 is 14.8 Å². The summed E-state index contributed by atoms with van der Waals surface area (Å²) < 4.78 is 1.46. The molecular weight excluding hydrogens is 300 g/mol. The minimum Gasteiger partial charge on any atom is -0.480 e. The number of para-hydroxylation sites is 1. The topological polar surface area (TPSA) is 101 Å². The van der Waals surface area contributed by atoms with Gasteiger partial charge in [-0.3, -0.25) is 19.6 Å². The van der Waals surface area contributed by atoms with E-state index in [9.17, 15) is 14.9 Å². The number of rotatable bonds is 4. The molecule has 0 aliphatic carbocycles. The molecule has 0 saturated heterocycles. The van der Waals surface area contributed by atoms with Crippen molar-refractivity contribution in [1.82, 2.24) is 14.7 Å². The van der Waals surface area contributed by atoms with Crippen LogP contribution < -0.4 is 0 Å². The highest BCUT2D eigenvalue weighted by molar-refractivity contribution is 5.74. The molecule has 3 rings (SSSR count). The van der Waals surface area contributed by atoms with Crippen LogP contribution in [0.1, 0.15) is 11.3 Å². The fraction of sp³-hybridized carbons (Fsp3) is 0.333. The van der Waals surface area contributed by atoms with Crippen molar-refractivity contribution >= 4 is 11.7 Å². The van der Waals surface area contributed by atoms with Crippen LogP contribution in [0, 0.1) is 10.1 Å². The second-order valence-electron chi connectivity index (χ2n) is 5.59. The first-order chi connectivity index (χ1) is 11.0. The highest BCUT2D eigenvalue weighted by Gasteiger charge is 2.28. The van der Waals surface area contributed by atoms with Crippen LogP contribution in [0.3, 0.4) is 0 Å². The minimum absolute atomic E-state index is 0.0245. The summed E-state index contributed by atoms with van der Waals surface area (Å²) in [6, 6.07) is 6.41. The number of carbonyl (C=O) groups is 1. The second-order valence-corrected chi connectivity index (χ2v) is 5.59. The van der Waals surface area contributed by atoms with Gasteiger partial charge in [0.05, 0.1) is 10.5 Å². The number of aromatic nitrogens is 2. The normalized spacial score (nSPS) is 14.5. The molecule has 0 radical (unpaired) electrons. The van der Waals surface area contributed by atoms with E-state index in [0.717, 1.165) is 17.8 Å². The summed E-state index contributed by atoms with van der Waals surface area (Å²) in [6.45, 7) is 1.15. The van der Waals surface area contributed by atoms with Crippen molar-refractivity contribution in [3.8, 4) is 11.3 Å². The third-order valence-electron chi connectivity index (χ3n) is 3.97.